The lowest BCUT2D eigenvalue weighted by atomic mass is 10.1. The van der Waals surface area contributed by atoms with Crippen molar-refractivity contribution >= 4 is 33.4 Å². The predicted molar refractivity (Wildman–Crippen MR) is 124 cm³/mol. The molecule has 172 valence electrons. The van der Waals surface area contributed by atoms with Crippen molar-refractivity contribution in [2.24, 2.45) is 0 Å². The number of sulfonamides is 1. The van der Waals surface area contributed by atoms with E-state index in [2.05, 4.69) is 10.0 Å². The van der Waals surface area contributed by atoms with Crippen LogP contribution in [0.15, 0.2) is 47.4 Å². The maximum Gasteiger partial charge on any atom is 0.253 e. The van der Waals surface area contributed by atoms with E-state index in [0.29, 0.717) is 5.56 Å². The van der Waals surface area contributed by atoms with Crippen molar-refractivity contribution in [3.8, 4) is 0 Å². The van der Waals surface area contributed by atoms with Crippen LogP contribution in [-0.2, 0) is 16.6 Å². The van der Waals surface area contributed by atoms with E-state index in [1.165, 1.54) is 18.2 Å². The summed E-state index contributed by atoms with van der Waals surface area (Å²) in [5.74, 6) is -0.445. The van der Waals surface area contributed by atoms with Gasteiger partial charge in [-0.15, -0.1) is 0 Å². The minimum atomic E-state index is -3.90. The Bertz CT molecular complexity index is 1120. The standard InChI is InChI=1S/C23H28ClN3O4S/c1-23(2,3)26-32(30,31)20-14-17(9-10-19(20)24)21(28)25-15-16-7-6-8-18(13-16)22(29)27-11-4-5-12-27/h6-10,13-14,26H,4-5,11-12,15H2,1-3H3,(H,25,28). The number of rotatable bonds is 6. The van der Waals surface area contributed by atoms with Gasteiger partial charge in [-0.1, -0.05) is 23.7 Å². The topological polar surface area (TPSA) is 95.6 Å². The number of halogens is 1. The molecule has 0 spiro atoms. The molecule has 0 saturated carbocycles. The summed E-state index contributed by atoms with van der Waals surface area (Å²) in [6, 6.07) is 11.3. The number of carbonyl (C=O) groups excluding carboxylic acids is 2. The number of amides is 2. The first kappa shape index (κ1) is 24.2. The molecule has 2 N–H and O–H groups in total. The number of likely N-dealkylation sites (tertiary alicyclic amines) is 1. The molecule has 7 nitrogen and oxygen atoms in total. The second kappa shape index (κ2) is 9.60. The van der Waals surface area contributed by atoms with E-state index in [4.69, 9.17) is 11.6 Å². The highest BCUT2D eigenvalue weighted by Gasteiger charge is 2.25. The van der Waals surface area contributed by atoms with Crippen LogP contribution in [0.5, 0.6) is 0 Å². The van der Waals surface area contributed by atoms with Crippen LogP contribution in [0.25, 0.3) is 0 Å². The summed E-state index contributed by atoms with van der Waals surface area (Å²) in [5.41, 5.74) is 0.845. The third kappa shape index (κ3) is 6.09. The quantitative estimate of drug-likeness (QED) is 0.664. The normalized spacial score (nSPS) is 14.4. The van der Waals surface area contributed by atoms with E-state index in [1.54, 1.807) is 39.0 Å². The Morgan fingerprint density at radius 1 is 1.03 bits per heavy atom. The summed E-state index contributed by atoms with van der Waals surface area (Å²) in [4.78, 5) is 26.9. The molecule has 1 aliphatic heterocycles. The molecule has 0 radical (unpaired) electrons. The molecular formula is C23H28ClN3O4S. The molecule has 0 aromatic heterocycles. The van der Waals surface area contributed by atoms with Crippen LogP contribution in [0.3, 0.4) is 0 Å². The van der Waals surface area contributed by atoms with Crippen molar-refractivity contribution in [1.29, 1.82) is 0 Å². The van der Waals surface area contributed by atoms with Gasteiger partial charge in [0.25, 0.3) is 11.8 Å². The van der Waals surface area contributed by atoms with Crippen LogP contribution in [0.1, 0.15) is 59.9 Å². The molecule has 1 heterocycles. The number of benzene rings is 2. The molecule has 2 aromatic carbocycles. The second-order valence-corrected chi connectivity index (χ2v) is 10.9. The molecule has 2 aromatic rings. The van der Waals surface area contributed by atoms with Gasteiger partial charge >= 0.3 is 0 Å². The number of hydrogen-bond donors (Lipinski definition) is 2. The minimum absolute atomic E-state index is 0.00502. The smallest absolute Gasteiger partial charge is 0.253 e. The molecular weight excluding hydrogens is 450 g/mol. The molecule has 0 atom stereocenters. The molecule has 1 aliphatic rings. The van der Waals surface area contributed by atoms with Crippen molar-refractivity contribution in [1.82, 2.24) is 14.9 Å². The maximum atomic E-state index is 12.7. The third-order valence-electron chi connectivity index (χ3n) is 4.94. The summed E-state index contributed by atoms with van der Waals surface area (Å²) in [5, 5.41) is 2.81. The highest BCUT2D eigenvalue weighted by atomic mass is 35.5. The van der Waals surface area contributed by atoms with Gasteiger partial charge in [-0.05, 0) is 69.5 Å². The zero-order valence-electron chi connectivity index (χ0n) is 18.4. The average Bonchev–Trinajstić information content (AvgIpc) is 3.25. The largest absolute Gasteiger partial charge is 0.348 e. The number of hydrogen-bond acceptors (Lipinski definition) is 4. The van der Waals surface area contributed by atoms with Crippen molar-refractivity contribution in [2.75, 3.05) is 13.1 Å². The highest BCUT2D eigenvalue weighted by molar-refractivity contribution is 7.89. The van der Waals surface area contributed by atoms with Crippen LogP contribution in [-0.4, -0.2) is 43.8 Å². The first-order valence-electron chi connectivity index (χ1n) is 10.5. The fourth-order valence-corrected chi connectivity index (χ4v) is 5.46. The Balaban J connectivity index is 1.72. The Morgan fingerprint density at radius 2 is 1.72 bits per heavy atom. The predicted octanol–water partition coefficient (Wildman–Crippen LogP) is 3.58. The zero-order chi connectivity index (χ0) is 23.5. The van der Waals surface area contributed by atoms with Crippen LogP contribution < -0.4 is 10.0 Å². The molecule has 1 fully saturated rings. The molecule has 3 rings (SSSR count). The van der Waals surface area contributed by atoms with Gasteiger partial charge in [0, 0.05) is 36.3 Å². The number of nitrogens with zero attached hydrogens (tertiary/aromatic N) is 1. The SMILES string of the molecule is CC(C)(C)NS(=O)(=O)c1cc(C(=O)NCc2cccc(C(=O)N3CCCC3)c2)ccc1Cl. The minimum Gasteiger partial charge on any atom is -0.348 e. The first-order valence-corrected chi connectivity index (χ1v) is 12.3. The van der Waals surface area contributed by atoms with Gasteiger partial charge in [-0.2, -0.15) is 0 Å². The van der Waals surface area contributed by atoms with E-state index >= 15 is 0 Å². The van der Waals surface area contributed by atoms with Gasteiger partial charge in [-0.25, -0.2) is 13.1 Å². The van der Waals surface area contributed by atoms with Gasteiger partial charge in [0.05, 0.1) is 5.02 Å². The van der Waals surface area contributed by atoms with Crippen LogP contribution in [0, 0.1) is 0 Å². The van der Waals surface area contributed by atoms with E-state index in [-0.39, 0.29) is 27.9 Å². The first-order chi connectivity index (χ1) is 15.0. The Hall–Kier alpha value is -2.42. The van der Waals surface area contributed by atoms with E-state index < -0.39 is 21.5 Å². The third-order valence-corrected chi connectivity index (χ3v) is 7.18. The van der Waals surface area contributed by atoms with E-state index in [1.807, 2.05) is 11.0 Å². The fraction of sp³-hybridized carbons (Fsp3) is 0.391. The Labute approximate surface area is 194 Å². The maximum absolute atomic E-state index is 12.7. The van der Waals surface area contributed by atoms with Crippen LogP contribution in [0.2, 0.25) is 5.02 Å². The van der Waals surface area contributed by atoms with Crippen molar-refractivity contribution in [3.05, 3.63) is 64.2 Å². The van der Waals surface area contributed by atoms with Crippen molar-refractivity contribution in [3.63, 3.8) is 0 Å². The second-order valence-electron chi connectivity index (χ2n) is 8.88. The molecule has 0 aliphatic carbocycles. The van der Waals surface area contributed by atoms with Crippen molar-refractivity contribution in [2.45, 2.75) is 50.6 Å². The summed E-state index contributed by atoms with van der Waals surface area (Å²) < 4.78 is 27.9. The molecule has 1 saturated heterocycles. The van der Waals surface area contributed by atoms with Gasteiger partial charge in [0.2, 0.25) is 10.0 Å². The molecule has 0 bridgehead atoms. The highest BCUT2D eigenvalue weighted by Crippen LogP contribution is 2.24. The van der Waals surface area contributed by atoms with Gasteiger partial charge < -0.3 is 10.2 Å². The lowest BCUT2D eigenvalue weighted by molar-refractivity contribution is 0.0792. The van der Waals surface area contributed by atoms with Gasteiger partial charge in [0.15, 0.2) is 0 Å². The molecule has 2 amide bonds. The molecule has 0 unspecified atom stereocenters. The lowest BCUT2D eigenvalue weighted by Crippen LogP contribution is -2.40. The fourth-order valence-electron chi connectivity index (χ4n) is 3.51. The molecule has 32 heavy (non-hydrogen) atoms. The van der Waals surface area contributed by atoms with Gasteiger partial charge in [0.1, 0.15) is 4.90 Å². The molecule has 9 heteroatoms. The number of carbonyl (C=O) groups is 2. The lowest BCUT2D eigenvalue weighted by Gasteiger charge is -2.21. The summed E-state index contributed by atoms with van der Waals surface area (Å²) in [6.45, 7) is 6.90. The summed E-state index contributed by atoms with van der Waals surface area (Å²) in [7, 11) is -3.90. The van der Waals surface area contributed by atoms with Gasteiger partial charge in [-0.3, -0.25) is 9.59 Å². The Kier molecular flexibility index (Phi) is 7.27. The summed E-state index contributed by atoms with van der Waals surface area (Å²) >= 11 is 6.10. The monoisotopic (exact) mass is 477 g/mol. The van der Waals surface area contributed by atoms with Crippen LogP contribution >= 0.6 is 11.6 Å². The van der Waals surface area contributed by atoms with E-state index in [0.717, 1.165) is 31.5 Å². The van der Waals surface area contributed by atoms with Crippen molar-refractivity contribution < 1.29 is 18.0 Å². The number of nitrogens with one attached hydrogen (secondary N) is 2. The average molecular weight is 478 g/mol. The zero-order valence-corrected chi connectivity index (χ0v) is 20.0. The van der Waals surface area contributed by atoms with Crippen LogP contribution in [0.4, 0.5) is 0 Å². The Morgan fingerprint density at radius 3 is 2.38 bits per heavy atom. The summed E-state index contributed by atoms with van der Waals surface area (Å²) in [6.07, 6.45) is 2.04. The van der Waals surface area contributed by atoms with E-state index in [9.17, 15) is 18.0 Å².